The molecule has 1 unspecified atom stereocenters. The molecule has 0 saturated carbocycles. The Bertz CT molecular complexity index is 682. The lowest BCUT2D eigenvalue weighted by atomic mass is 10.0. The number of carbonyl (C=O) groups is 1. The molecule has 3 nitrogen and oxygen atoms in total. The van der Waals surface area contributed by atoms with Crippen molar-refractivity contribution < 1.29 is 9.18 Å². The monoisotopic (exact) mass is 358 g/mol. The summed E-state index contributed by atoms with van der Waals surface area (Å²) in [5.41, 5.74) is 2.77. The summed E-state index contributed by atoms with van der Waals surface area (Å²) in [4.78, 5) is 16.3. The SMILES string of the molecule is CC1=CCCCN(C2=CC(F)=CC(C)CC=C2)C=C1N(C)C(=O)C(C)C. The number of hydrogen-bond acceptors (Lipinski definition) is 2. The third-order valence-electron chi connectivity index (χ3n) is 4.78. The topological polar surface area (TPSA) is 23.6 Å². The molecule has 142 valence electrons. The molecule has 1 aliphatic carbocycles. The highest BCUT2D eigenvalue weighted by Gasteiger charge is 2.20. The molecule has 1 atom stereocenters. The zero-order valence-corrected chi connectivity index (χ0v) is 16.6. The molecule has 0 spiro atoms. The van der Waals surface area contributed by atoms with Crippen molar-refractivity contribution in [3.05, 3.63) is 59.4 Å². The zero-order valence-electron chi connectivity index (χ0n) is 16.6. The van der Waals surface area contributed by atoms with E-state index in [4.69, 9.17) is 0 Å². The van der Waals surface area contributed by atoms with E-state index in [-0.39, 0.29) is 23.6 Å². The molecule has 0 aromatic rings. The summed E-state index contributed by atoms with van der Waals surface area (Å²) in [6.45, 7) is 8.64. The van der Waals surface area contributed by atoms with Crippen LogP contribution in [0.5, 0.6) is 0 Å². The smallest absolute Gasteiger partial charge is 0.229 e. The lowest BCUT2D eigenvalue weighted by Crippen LogP contribution is -2.32. The van der Waals surface area contributed by atoms with Gasteiger partial charge in [-0.15, -0.1) is 0 Å². The molecule has 0 fully saturated rings. The Morgan fingerprint density at radius 1 is 1.38 bits per heavy atom. The Morgan fingerprint density at radius 2 is 2.12 bits per heavy atom. The first kappa shape index (κ1) is 20.2. The van der Waals surface area contributed by atoms with Crippen LogP contribution in [0.3, 0.4) is 0 Å². The predicted molar refractivity (Wildman–Crippen MR) is 106 cm³/mol. The Kier molecular flexibility index (Phi) is 7.01. The van der Waals surface area contributed by atoms with Gasteiger partial charge in [-0.1, -0.05) is 32.9 Å². The van der Waals surface area contributed by atoms with Crippen LogP contribution >= 0.6 is 0 Å². The minimum absolute atomic E-state index is 0.0741. The average Bonchev–Trinajstić information content (AvgIpc) is 2.55. The largest absolute Gasteiger partial charge is 0.346 e. The quantitative estimate of drug-likeness (QED) is 0.682. The van der Waals surface area contributed by atoms with E-state index in [0.717, 1.165) is 42.8 Å². The molecule has 1 heterocycles. The van der Waals surface area contributed by atoms with Gasteiger partial charge >= 0.3 is 0 Å². The number of allylic oxidation sites excluding steroid dienone is 7. The van der Waals surface area contributed by atoms with Gasteiger partial charge in [-0.3, -0.25) is 4.79 Å². The molecule has 0 radical (unpaired) electrons. The van der Waals surface area contributed by atoms with Crippen molar-refractivity contribution in [1.29, 1.82) is 0 Å². The summed E-state index contributed by atoms with van der Waals surface area (Å²) in [6.07, 6.45) is 14.2. The van der Waals surface area contributed by atoms with Crippen LogP contribution in [-0.2, 0) is 4.79 Å². The molecule has 1 amide bonds. The fourth-order valence-corrected chi connectivity index (χ4v) is 3.22. The summed E-state index contributed by atoms with van der Waals surface area (Å²) >= 11 is 0. The maximum Gasteiger partial charge on any atom is 0.229 e. The number of likely N-dealkylation sites (N-methyl/N-ethyl adjacent to an activating group) is 1. The molecule has 0 saturated heterocycles. The van der Waals surface area contributed by atoms with Crippen LogP contribution in [0.2, 0.25) is 0 Å². The Labute approximate surface area is 157 Å². The van der Waals surface area contributed by atoms with Crippen LogP contribution in [0.15, 0.2) is 59.4 Å². The maximum absolute atomic E-state index is 14.3. The first-order valence-electron chi connectivity index (χ1n) is 9.48. The Balaban J connectivity index is 2.43. The van der Waals surface area contributed by atoms with Crippen molar-refractivity contribution in [2.45, 2.75) is 47.0 Å². The second-order valence-corrected chi connectivity index (χ2v) is 7.53. The van der Waals surface area contributed by atoms with Crippen LogP contribution in [0.1, 0.15) is 47.0 Å². The van der Waals surface area contributed by atoms with Crippen LogP contribution in [0, 0.1) is 11.8 Å². The van der Waals surface area contributed by atoms with E-state index in [1.165, 1.54) is 0 Å². The standard InChI is InChI=1S/C22H31FN2O/c1-16(2)22(26)24(5)21-15-25(12-7-6-10-18(21)4)20-11-8-9-17(3)13-19(23)14-20/h8,10-11,13-17H,6-7,9,12H2,1-5H3. The summed E-state index contributed by atoms with van der Waals surface area (Å²) in [5, 5.41) is 0. The molecule has 26 heavy (non-hydrogen) atoms. The number of carbonyl (C=O) groups excluding carboxylic acids is 1. The summed E-state index contributed by atoms with van der Waals surface area (Å²) in [5.74, 6) is -0.00299. The van der Waals surface area contributed by atoms with Gasteiger partial charge in [0.1, 0.15) is 5.83 Å². The average molecular weight is 359 g/mol. The molecule has 0 aromatic heterocycles. The molecule has 0 aromatic carbocycles. The van der Waals surface area contributed by atoms with Crippen molar-refractivity contribution in [3.8, 4) is 0 Å². The summed E-state index contributed by atoms with van der Waals surface area (Å²) < 4.78 is 14.3. The van der Waals surface area contributed by atoms with E-state index in [2.05, 4.69) is 17.1 Å². The van der Waals surface area contributed by atoms with Gasteiger partial charge in [-0.2, -0.15) is 0 Å². The molecule has 4 heteroatoms. The van der Waals surface area contributed by atoms with E-state index in [1.54, 1.807) is 17.1 Å². The van der Waals surface area contributed by atoms with Gasteiger partial charge in [0.25, 0.3) is 0 Å². The fraction of sp³-hybridized carbons (Fsp3) is 0.500. The lowest BCUT2D eigenvalue weighted by Gasteiger charge is -2.30. The molecule has 1 aliphatic heterocycles. The molecular weight excluding hydrogens is 327 g/mol. The highest BCUT2D eigenvalue weighted by molar-refractivity contribution is 5.80. The van der Waals surface area contributed by atoms with Crippen LogP contribution in [0.4, 0.5) is 4.39 Å². The Morgan fingerprint density at radius 3 is 2.81 bits per heavy atom. The van der Waals surface area contributed by atoms with Crippen molar-refractivity contribution in [3.63, 3.8) is 0 Å². The summed E-state index contributed by atoms with van der Waals surface area (Å²) in [7, 11) is 1.82. The molecule has 2 aliphatic rings. The van der Waals surface area contributed by atoms with Gasteiger partial charge in [0.15, 0.2) is 0 Å². The third kappa shape index (κ3) is 5.20. The number of nitrogens with zero attached hydrogens (tertiary/aromatic N) is 2. The fourth-order valence-electron chi connectivity index (χ4n) is 3.22. The van der Waals surface area contributed by atoms with Crippen LogP contribution in [0.25, 0.3) is 0 Å². The Hall–Kier alpha value is -2.10. The minimum Gasteiger partial charge on any atom is -0.346 e. The first-order chi connectivity index (χ1) is 12.3. The predicted octanol–water partition coefficient (Wildman–Crippen LogP) is 5.32. The summed E-state index contributed by atoms with van der Waals surface area (Å²) in [6, 6.07) is 0. The van der Waals surface area contributed by atoms with E-state index in [1.807, 2.05) is 47.0 Å². The number of halogens is 1. The number of hydrogen-bond donors (Lipinski definition) is 0. The maximum atomic E-state index is 14.3. The van der Waals surface area contributed by atoms with Gasteiger partial charge in [0.05, 0.1) is 5.70 Å². The van der Waals surface area contributed by atoms with Crippen molar-refractivity contribution >= 4 is 5.91 Å². The highest BCUT2D eigenvalue weighted by Crippen LogP contribution is 2.25. The van der Waals surface area contributed by atoms with Crippen molar-refractivity contribution in [2.24, 2.45) is 11.8 Å². The zero-order chi connectivity index (χ0) is 19.3. The normalized spacial score (nSPS) is 21.7. The van der Waals surface area contributed by atoms with E-state index >= 15 is 0 Å². The molecule has 0 bridgehead atoms. The van der Waals surface area contributed by atoms with Crippen LogP contribution < -0.4 is 0 Å². The van der Waals surface area contributed by atoms with Crippen molar-refractivity contribution in [2.75, 3.05) is 13.6 Å². The number of rotatable bonds is 3. The van der Waals surface area contributed by atoms with Gasteiger partial charge in [0.2, 0.25) is 5.91 Å². The van der Waals surface area contributed by atoms with Crippen molar-refractivity contribution in [1.82, 2.24) is 9.80 Å². The molecular formula is C22H31FN2O. The van der Waals surface area contributed by atoms with E-state index in [9.17, 15) is 9.18 Å². The van der Waals surface area contributed by atoms with Gasteiger partial charge in [-0.25, -0.2) is 4.39 Å². The van der Waals surface area contributed by atoms with E-state index < -0.39 is 0 Å². The van der Waals surface area contributed by atoms with Gasteiger partial charge in [0, 0.05) is 31.4 Å². The number of amides is 1. The second kappa shape index (κ2) is 9.02. The highest BCUT2D eigenvalue weighted by atomic mass is 19.1. The third-order valence-corrected chi connectivity index (χ3v) is 4.78. The minimum atomic E-state index is -0.201. The van der Waals surface area contributed by atoms with Crippen LogP contribution in [-0.4, -0.2) is 29.3 Å². The lowest BCUT2D eigenvalue weighted by molar-refractivity contribution is -0.131. The van der Waals surface area contributed by atoms with E-state index in [0.29, 0.717) is 0 Å². The molecule has 2 rings (SSSR count). The van der Waals surface area contributed by atoms with Gasteiger partial charge < -0.3 is 9.80 Å². The second-order valence-electron chi connectivity index (χ2n) is 7.53. The van der Waals surface area contributed by atoms with Gasteiger partial charge in [-0.05, 0) is 55.9 Å². The first-order valence-corrected chi connectivity index (χ1v) is 9.48. The molecule has 0 N–H and O–H groups in total.